The second kappa shape index (κ2) is 7.25. The third-order valence-electron chi connectivity index (χ3n) is 5.12. The molecule has 2 aliphatic rings. The van der Waals surface area contributed by atoms with E-state index in [9.17, 15) is 14.7 Å². The minimum Gasteiger partial charge on any atom is -0.505 e. The summed E-state index contributed by atoms with van der Waals surface area (Å²) in [6.45, 7) is 3.67. The van der Waals surface area contributed by atoms with Crippen LogP contribution < -0.4 is 5.32 Å². The van der Waals surface area contributed by atoms with Gasteiger partial charge in [-0.05, 0) is 31.5 Å². The number of rotatable bonds is 3. The fraction of sp³-hybridized carbons (Fsp3) is 0.182. The number of carbonyl (C=O) groups excluding carboxylic acids is 2. The number of nitrogens with one attached hydrogen (secondary N) is 1. The summed E-state index contributed by atoms with van der Waals surface area (Å²) in [4.78, 5) is 26.1. The number of fused-ring (bicyclic) bond motifs is 2. The van der Waals surface area contributed by atoms with Crippen LogP contribution in [0.2, 0.25) is 10.0 Å². The summed E-state index contributed by atoms with van der Waals surface area (Å²) in [5, 5.41) is 13.3. The van der Waals surface area contributed by atoms with Gasteiger partial charge in [-0.3, -0.25) is 4.79 Å². The Morgan fingerprint density at radius 2 is 1.79 bits per heavy atom. The van der Waals surface area contributed by atoms with Gasteiger partial charge < -0.3 is 15.2 Å². The van der Waals surface area contributed by atoms with E-state index in [0.717, 1.165) is 5.56 Å². The summed E-state index contributed by atoms with van der Waals surface area (Å²) in [6, 6.07) is 10.3. The first kappa shape index (κ1) is 19.6. The molecule has 148 valence electrons. The molecular weight excluding hydrogens is 413 g/mol. The van der Waals surface area contributed by atoms with Gasteiger partial charge in [-0.2, -0.15) is 0 Å². The molecule has 0 aromatic heterocycles. The van der Waals surface area contributed by atoms with Gasteiger partial charge in [0, 0.05) is 28.3 Å². The van der Waals surface area contributed by atoms with Crippen molar-refractivity contribution in [3.05, 3.63) is 80.0 Å². The largest absolute Gasteiger partial charge is 0.505 e. The van der Waals surface area contributed by atoms with E-state index < -0.39 is 11.9 Å². The topological polar surface area (TPSA) is 75.6 Å². The molecule has 0 fully saturated rings. The summed E-state index contributed by atoms with van der Waals surface area (Å²) < 4.78 is 5.26. The second-order valence-corrected chi connectivity index (χ2v) is 7.63. The smallest absolute Gasteiger partial charge is 0.336 e. The number of hydrogen-bond acceptors (Lipinski definition) is 5. The summed E-state index contributed by atoms with van der Waals surface area (Å²) >= 11 is 12.3. The average Bonchev–Trinajstić information content (AvgIpc) is 2.97. The number of phenolic OH excluding ortho intramolecular Hbond substituents is 1. The van der Waals surface area contributed by atoms with Crippen LogP contribution in [0.4, 0.5) is 0 Å². The predicted octanol–water partition coefficient (Wildman–Crippen LogP) is 4.83. The zero-order valence-electron chi connectivity index (χ0n) is 15.7. The Morgan fingerprint density at radius 3 is 2.41 bits per heavy atom. The molecule has 0 amide bonds. The van der Waals surface area contributed by atoms with Gasteiger partial charge in [0.2, 0.25) is 0 Å². The first-order chi connectivity index (χ1) is 13.8. The number of dihydropyridines is 1. The standard InChI is InChI=1S/C22H17Cl2NO4/c1-3-29-22(28)16-10(2)25-19-12-6-4-5-7-13(12)20(26)18(19)17(16)11-8-14(23)21(27)15(24)9-11/h4-9,17,25,27H,3H2,1-2H3/t17-/m0/s1. The van der Waals surface area contributed by atoms with Gasteiger partial charge in [-0.25, -0.2) is 4.79 Å². The Hall–Kier alpha value is -2.76. The summed E-state index contributed by atoms with van der Waals surface area (Å²) in [7, 11) is 0. The van der Waals surface area contributed by atoms with Gasteiger partial charge in [0.05, 0.1) is 27.9 Å². The maximum absolute atomic E-state index is 13.3. The van der Waals surface area contributed by atoms with Crippen LogP contribution in [-0.2, 0) is 9.53 Å². The molecule has 5 nitrogen and oxygen atoms in total. The van der Waals surface area contributed by atoms with Crippen molar-refractivity contribution in [2.45, 2.75) is 19.8 Å². The Balaban J connectivity index is 1.97. The van der Waals surface area contributed by atoms with E-state index in [-0.39, 0.29) is 28.2 Å². The second-order valence-electron chi connectivity index (χ2n) is 6.81. The van der Waals surface area contributed by atoms with Gasteiger partial charge in [-0.15, -0.1) is 0 Å². The lowest BCUT2D eigenvalue weighted by atomic mass is 9.80. The predicted molar refractivity (Wildman–Crippen MR) is 111 cm³/mol. The van der Waals surface area contributed by atoms with Crippen molar-refractivity contribution < 1.29 is 19.4 Å². The number of benzene rings is 2. The van der Waals surface area contributed by atoms with Crippen LogP contribution in [0, 0.1) is 0 Å². The lowest BCUT2D eigenvalue weighted by Crippen LogP contribution is -2.29. The van der Waals surface area contributed by atoms with E-state index in [0.29, 0.717) is 33.7 Å². The Labute approximate surface area is 177 Å². The molecule has 0 saturated heterocycles. The Morgan fingerprint density at radius 1 is 1.17 bits per heavy atom. The molecular formula is C22H17Cl2NO4. The first-order valence-electron chi connectivity index (χ1n) is 9.06. The lowest BCUT2D eigenvalue weighted by molar-refractivity contribution is -0.138. The van der Waals surface area contributed by atoms with Gasteiger partial charge in [-0.1, -0.05) is 47.5 Å². The fourth-order valence-corrected chi connectivity index (χ4v) is 4.40. The number of Topliss-reactive ketones (excluding diaryl/α,β-unsaturated/α-hetero) is 1. The highest BCUT2D eigenvalue weighted by atomic mass is 35.5. The van der Waals surface area contributed by atoms with E-state index in [1.54, 1.807) is 26.0 Å². The van der Waals surface area contributed by atoms with E-state index in [1.807, 2.05) is 12.1 Å². The van der Waals surface area contributed by atoms with Crippen molar-refractivity contribution >= 4 is 40.7 Å². The summed E-state index contributed by atoms with van der Waals surface area (Å²) in [5.41, 5.74) is 3.83. The maximum atomic E-state index is 13.3. The summed E-state index contributed by atoms with van der Waals surface area (Å²) in [5.74, 6) is -1.69. The molecule has 1 atom stereocenters. The number of ether oxygens (including phenoxy) is 1. The molecule has 2 aromatic carbocycles. The molecule has 0 radical (unpaired) electrons. The van der Waals surface area contributed by atoms with Crippen LogP contribution in [-0.4, -0.2) is 23.5 Å². The number of aromatic hydroxyl groups is 1. The quantitative estimate of drug-likeness (QED) is 0.683. The van der Waals surface area contributed by atoms with E-state index in [1.165, 1.54) is 12.1 Å². The molecule has 2 N–H and O–H groups in total. The highest BCUT2D eigenvalue weighted by molar-refractivity contribution is 6.37. The van der Waals surface area contributed by atoms with Crippen LogP contribution >= 0.6 is 23.2 Å². The average molecular weight is 430 g/mol. The number of carbonyl (C=O) groups is 2. The molecule has 4 rings (SSSR count). The fourth-order valence-electron chi connectivity index (χ4n) is 3.89. The monoisotopic (exact) mass is 429 g/mol. The van der Waals surface area contributed by atoms with Gasteiger partial charge >= 0.3 is 5.97 Å². The van der Waals surface area contributed by atoms with Crippen LogP contribution in [0.15, 0.2) is 53.2 Å². The first-order valence-corrected chi connectivity index (χ1v) is 9.81. The highest BCUT2D eigenvalue weighted by Gasteiger charge is 2.43. The van der Waals surface area contributed by atoms with Crippen LogP contribution in [0.1, 0.15) is 41.3 Å². The van der Waals surface area contributed by atoms with E-state index in [4.69, 9.17) is 27.9 Å². The van der Waals surface area contributed by atoms with Crippen molar-refractivity contribution in [3.63, 3.8) is 0 Å². The number of esters is 1. The maximum Gasteiger partial charge on any atom is 0.336 e. The lowest BCUT2D eigenvalue weighted by Gasteiger charge is -2.29. The molecule has 7 heteroatoms. The van der Waals surface area contributed by atoms with Gasteiger partial charge in [0.25, 0.3) is 0 Å². The third kappa shape index (κ3) is 3.02. The zero-order chi connectivity index (χ0) is 20.9. The molecule has 0 saturated carbocycles. The molecule has 1 heterocycles. The van der Waals surface area contributed by atoms with E-state index in [2.05, 4.69) is 5.32 Å². The highest BCUT2D eigenvalue weighted by Crippen LogP contribution is 2.48. The normalized spacial score (nSPS) is 17.8. The number of hydrogen-bond donors (Lipinski definition) is 2. The minimum atomic E-state index is -0.735. The minimum absolute atomic E-state index is 0.0389. The molecule has 2 aromatic rings. The molecule has 0 unspecified atom stereocenters. The third-order valence-corrected chi connectivity index (χ3v) is 5.69. The van der Waals surface area contributed by atoms with Crippen molar-refractivity contribution in [1.82, 2.24) is 5.32 Å². The SMILES string of the molecule is CCOC(=O)C1=C(C)NC2=C(C(=O)c3ccccc32)[C@H]1c1cc(Cl)c(O)c(Cl)c1. The number of ketones is 1. The number of phenols is 1. The van der Waals surface area contributed by atoms with Crippen molar-refractivity contribution in [2.75, 3.05) is 6.61 Å². The van der Waals surface area contributed by atoms with Crippen LogP contribution in [0.25, 0.3) is 5.70 Å². The van der Waals surface area contributed by atoms with E-state index >= 15 is 0 Å². The van der Waals surface area contributed by atoms with Crippen LogP contribution in [0.5, 0.6) is 5.75 Å². The van der Waals surface area contributed by atoms with Crippen molar-refractivity contribution in [2.24, 2.45) is 0 Å². The van der Waals surface area contributed by atoms with Gasteiger partial charge in [0.15, 0.2) is 11.5 Å². The Bertz CT molecular complexity index is 1110. The number of allylic oxidation sites excluding steroid dienone is 2. The summed E-state index contributed by atoms with van der Waals surface area (Å²) in [6.07, 6.45) is 0. The zero-order valence-corrected chi connectivity index (χ0v) is 17.2. The molecule has 0 spiro atoms. The Kier molecular flexibility index (Phi) is 4.89. The van der Waals surface area contributed by atoms with Crippen LogP contribution in [0.3, 0.4) is 0 Å². The van der Waals surface area contributed by atoms with Gasteiger partial charge in [0.1, 0.15) is 0 Å². The number of halogens is 2. The molecule has 29 heavy (non-hydrogen) atoms. The van der Waals surface area contributed by atoms with Crippen molar-refractivity contribution in [1.29, 1.82) is 0 Å². The molecule has 0 bridgehead atoms. The molecule has 1 aliphatic carbocycles. The molecule has 1 aliphatic heterocycles. The van der Waals surface area contributed by atoms with Crippen molar-refractivity contribution in [3.8, 4) is 5.75 Å².